The molecule has 5 nitrogen and oxygen atoms in total. The van der Waals surface area contributed by atoms with Crippen molar-refractivity contribution >= 4 is 21.9 Å². The molecule has 1 aromatic carbocycles. The van der Waals surface area contributed by atoms with Gasteiger partial charge in [-0.25, -0.2) is 4.79 Å². The van der Waals surface area contributed by atoms with Gasteiger partial charge in [0.2, 0.25) is 0 Å². The van der Waals surface area contributed by atoms with Crippen LogP contribution in [0.1, 0.15) is 10.4 Å². The molecule has 1 rings (SSSR count). The van der Waals surface area contributed by atoms with E-state index in [2.05, 4.69) is 20.7 Å². The zero-order valence-electron chi connectivity index (χ0n) is 10.2. The molecule has 1 N–H and O–H groups in total. The van der Waals surface area contributed by atoms with E-state index in [9.17, 15) is 9.90 Å². The third kappa shape index (κ3) is 3.89. The molecule has 100 valence electrons. The van der Waals surface area contributed by atoms with E-state index in [1.807, 2.05) is 0 Å². The molecule has 1 unspecified atom stereocenters. The molecule has 1 aromatic rings. The number of benzene rings is 1. The molecule has 0 heterocycles. The van der Waals surface area contributed by atoms with Gasteiger partial charge >= 0.3 is 5.97 Å². The summed E-state index contributed by atoms with van der Waals surface area (Å²) in [7, 11) is 2.79. The Hall–Kier alpha value is -1.27. The lowest BCUT2D eigenvalue weighted by Gasteiger charge is -2.13. The number of methoxy groups -OCH3 is 2. The molecule has 0 fully saturated rings. The molecule has 0 saturated heterocycles. The molecule has 18 heavy (non-hydrogen) atoms. The number of esters is 1. The summed E-state index contributed by atoms with van der Waals surface area (Å²) in [4.78, 5) is 11.3. The third-order valence-corrected chi connectivity index (χ3v) is 2.94. The van der Waals surface area contributed by atoms with Gasteiger partial charge in [-0.15, -0.1) is 0 Å². The summed E-state index contributed by atoms with van der Waals surface area (Å²) in [5, 5.41) is 9.80. The topological polar surface area (TPSA) is 65.0 Å². The number of halogens is 1. The zero-order valence-corrected chi connectivity index (χ0v) is 11.8. The van der Waals surface area contributed by atoms with Crippen molar-refractivity contribution in [1.29, 1.82) is 0 Å². The molecule has 0 amide bonds. The number of aliphatic hydroxyl groups excluding tert-OH is 1. The first-order valence-electron chi connectivity index (χ1n) is 5.25. The molecule has 0 saturated carbocycles. The van der Waals surface area contributed by atoms with Gasteiger partial charge in [-0.1, -0.05) is 15.9 Å². The Bertz CT molecular complexity index is 407. The summed E-state index contributed by atoms with van der Waals surface area (Å²) < 4.78 is 15.1. The fourth-order valence-electron chi connectivity index (χ4n) is 1.26. The first kappa shape index (κ1) is 14.8. The lowest BCUT2D eigenvalue weighted by Crippen LogP contribution is -2.18. The summed E-state index contributed by atoms with van der Waals surface area (Å²) in [5.74, 6) is 0.435. The number of ether oxygens (including phenoxy) is 3. The van der Waals surface area contributed by atoms with Crippen molar-refractivity contribution in [1.82, 2.24) is 0 Å². The molecule has 0 bridgehead atoms. The Morgan fingerprint density at radius 2 is 2.11 bits per heavy atom. The second-order valence-electron chi connectivity index (χ2n) is 3.48. The Morgan fingerprint density at radius 1 is 1.39 bits per heavy atom. The van der Waals surface area contributed by atoms with Crippen molar-refractivity contribution in [2.75, 3.05) is 26.2 Å². The van der Waals surface area contributed by atoms with E-state index in [0.29, 0.717) is 22.4 Å². The minimum absolute atomic E-state index is 0.138. The third-order valence-electron chi connectivity index (χ3n) is 2.19. The van der Waals surface area contributed by atoms with Crippen molar-refractivity contribution in [3.05, 3.63) is 23.8 Å². The predicted octanol–water partition coefficient (Wildman–Crippen LogP) is 1.62. The minimum Gasteiger partial charge on any atom is -0.493 e. The maximum absolute atomic E-state index is 11.3. The van der Waals surface area contributed by atoms with Crippen molar-refractivity contribution in [3.8, 4) is 11.5 Å². The van der Waals surface area contributed by atoms with Crippen LogP contribution in [-0.2, 0) is 4.74 Å². The van der Waals surface area contributed by atoms with Crippen LogP contribution in [0.25, 0.3) is 0 Å². The van der Waals surface area contributed by atoms with Gasteiger partial charge in [-0.3, -0.25) is 0 Å². The zero-order chi connectivity index (χ0) is 13.5. The van der Waals surface area contributed by atoms with Crippen LogP contribution in [0.5, 0.6) is 11.5 Å². The van der Waals surface area contributed by atoms with E-state index in [4.69, 9.17) is 9.47 Å². The van der Waals surface area contributed by atoms with Crippen LogP contribution in [-0.4, -0.2) is 43.3 Å². The number of carbonyl (C=O) groups is 1. The second kappa shape index (κ2) is 7.23. The first-order valence-corrected chi connectivity index (χ1v) is 6.37. The number of hydrogen-bond acceptors (Lipinski definition) is 5. The molecule has 0 aliphatic rings. The Labute approximate surface area is 114 Å². The largest absolute Gasteiger partial charge is 0.493 e. The van der Waals surface area contributed by atoms with Crippen LogP contribution in [0.3, 0.4) is 0 Å². The van der Waals surface area contributed by atoms with Gasteiger partial charge in [0.05, 0.1) is 25.9 Å². The van der Waals surface area contributed by atoms with Crippen LogP contribution in [0.2, 0.25) is 0 Å². The lowest BCUT2D eigenvalue weighted by molar-refractivity contribution is 0.0600. The molecular weight excluding hydrogens is 304 g/mol. The van der Waals surface area contributed by atoms with Crippen molar-refractivity contribution in [2.24, 2.45) is 0 Å². The Morgan fingerprint density at radius 3 is 2.67 bits per heavy atom. The van der Waals surface area contributed by atoms with E-state index in [1.54, 1.807) is 12.1 Å². The molecule has 6 heteroatoms. The highest BCUT2D eigenvalue weighted by atomic mass is 79.9. The minimum atomic E-state index is -0.602. The van der Waals surface area contributed by atoms with Gasteiger partial charge in [0.25, 0.3) is 0 Å². The monoisotopic (exact) mass is 318 g/mol. The average molecular weight is 319 g/mol. The molecule has 0 radical (unpaired) electrons. The van der Waals surface area contributed by atoms with Crippen LogP contribution >= 0.6 is 15.9 Å². The fraction of sp³-hybridized carbons (Fsp3) is 0.417. The fourth-order valence-corrected chi connectivity index (χ4v) is 1.45. The van der Waals surface area contributed by atoms with E-state index in [1.165, 1.54) is 20.3 Å². The Balaban J connectivity index is 2.83. The van der Waals surface area contributed by atoms with Crippen molar-refractivity contribution < 1.29 is 24.1 Å². The SMILES string of the molecule is COC(=O)c1ccc(OCC(O)CBr)c(OC)c1. The van der Waals surface area contributed by atoms with Crippen LogP contribution in [0.15, 0.2) is 18.2 Å². The quantitative estimate of drug-likeness (QED) is 0.637. The van der Waals surface area contributed by atoms with Crippen LogP contribution in [0, 0.1) is 0 Å². The Kier molecular flexibility index (Phi) is 5.94. The van der Waals surface area contributed by atoms with Gasteiger partial charge in [-0.05, 0) is 18.2 Å². The number of alkyl halides is 1. The normalized spacial score (nSPS) is 11.8. The van der Waals surface area contributed by atoms with Crippen molar-refractivity contribution in [3.63, 3.8) is 0 Å². The molecule has 0 spiro atoms. The summed E-state index contributed by atoms with van der Waals surface area (Å²) in [6, 6.07) is 4.71. The van der Waals surface area contributed by atoms with E-state index in [-0.39, 0.29) is 6.61 Å². The van der Waals surface area contributed by atoms with E-state index < -0.39 is 12.1 Å². The summed E-state index contributed by atoms with van der Waals surface area (Å²) in [6.07, 6.45) is -0.602. The standard InChI is InChI=1S/C12H15BrO5/c1-16-11-5-8(12(15)17-2)3-4-10(11)18-7-9(14)6-13/h3-5,9,14H,6-7H2,1-2H3. The van der Waals surface area contributed by atoms with Gasteiger partial charge in [0, 0.05) is 5.33 Å². The highest BCUT2D eigenvalue weighted by Gasteiger charge is 2.12. The van der Waals surface area contributed by atoms with Gasteiger partial charge in [0.15, 0.2) is 11.5 Å². The summed E-state index contributed by atoms with van der Waals surface area (Å²) in [6.45, 7) is 0.138. The molecular formula is C12H15BrO5. The maximum Gasteiger partial charge on any atom is 0.337 e. The highest BCUT2D eigenvalue weighted by Crippen LogP contribution is 2.28. The summed E-state index contributed by atoms with van der Waals surface area (Å²) >= 11 is 3.14. The number of hydrogen-bond donors (Lipinski definition) is 1. The molecule has 0 aliphatic heterocycles. The average Bonchev–Trinajstić information content (AvgIpc) is 2.43. The molecule has 0 aromatic heterocycles. The van der Waals surface area contributed by atoms with Gasteiger partial charge in [0.1, 0.15) is 6.61 Å². The predicted molar refractivity (Wildman–Crippen MR) is 69.6 cm³/mol. The van der Waals surface area contributed by atoms with Crippen LogP contribution in [0.4, 0.5) is 0 Å². The van der Waals surface area contributed by atoms with Gasteiger partial charge in [-0.2, -0.15) is 0 Å². The van der Waals surface area contributed by atoms with E-state index in [0.717, 1.165) is 0 Å². The van der Waals surface area contributed by atoms with Gasteiger partial charge < -0.3 is 19.3 Å². The van der Waals surface area contributed by atoms with Crippen LogP contribution < -0.4 is 9.47 Å². The maximum atomic E-state index is 11.3. The number of aliphatic hydroxyl groups is 1. The number of rotatable bonds is 6. The first-order chi connectivity index (χ1) is 8.62. The smallest absolute Gasteiger partial charge is 0.337 e. The number of carbonyl (C=O) groups excluding carboxylic acids is 1. The lowest BCUT2D eigenvalue weighted by atomic mass is 10.2. The highest BCUT2D eigenvalue weighted by molar-refractivity contribution is 9.09. The van der Waals surface area contributed by atoms with E-state index >= 15 is 0 Å². The van der Waals surface area contributed by atoms with Crippen molar-refractivity contribution in [2.45, 2.75) is 6.10 Å². The summed E-state index contributed by atoms with van der Waals surface area (Å²) in [5.41, 5.74) is 0.378. The molecule has 1 atom stereocenters. The molecule has 0 aliphatic carbocycles. The second-order valence-corrected chi connectivity index (χ2v) is 4.12.